The van der Waals surface area contributed by atoms with E-state index in [-0.39, 0.29) is 24.8 Å². The van der Waals surface area contributed by atoms with E-state index in [1.807, 2.05) is 11.1 Å². The molecule has 3 heteroatoms. The van der Waals surface area contributed by atoms with Crippen LogP contribution < -0.4 is 24.8 Å². The van der Waals surface area contributed by atoms with Crippen LogP contribution in [0.15, 0.2) is 47.6 Å². The van der Waals surface area contributed by atoms with Gasteiger partial charge < -0.3 is 24.8 Å². The Morgan fingerprint density at radius 3 is 1.64 bits per heavy atom. The molecule has 2 saturated carbocycles. The molecule has 0 saturated heterocycles. The first-order chi connectivity index (χ1) is 11.3. The van der Waals surface area contributed by atoms with Crippen molar-refractivity contribution < 1.29 is 48.0 Å². The third-order valence-electron chi connectivity index (χ3n) is 6.88. The molecule has 0 heterocycles. The Labute approximate surface area is 178 Å². The van der Waals surface area contributed by atoms with E-state index in [2.05, 4.69) is 50.3 Å². The van der Waals surface area contributed by atoms with Gasteiger partial charge in [-0.1, -0.05) is 0 Å². The monoisotopic (exact) mass is 454 g/mol. The first kappa shape index (κ1) is 21.7. The number of rotatable bonds is 4. The summed E-state index contributed by atoms with van der Waals surface area (Å²) in [6, 6.07) is 0. The van der Waals surface area contributed by atoms with Gasteiger partial charge in [0.25, 0.3) is 0 Å². The van der Waals surface area contributed by atoms with Crippen molar-refractivity contribution in [3.8, 4) is 0 Å². The van der Waals surface area contributed by atoms with Crippen LogP contribution in [0.5, 0.6) is 0 Å². The predicted octanol–water partition coefficient (Wildman–Crippen LogP) is 0.519. The zero-order chi connectivity index (χ0) is 15.8. The van der Waals surface area contributed by atoms with E-state index >= 15 is 0 Å². The predicted molar refractivity (Wildman–Crippen MR) is 95.0 cm³/mol. The van der Waals surface area contributed by atoms with Crippen molar-refractivity contribution in [2.24, 2.45) is 23.7 Å². The van der Waals surface area contributed by atoms with Gasteiger partial charge in [0.2, 0.25) is 0 Å². The fourth-order valence-corrected chi connectivity index (χ4v) is 12.3. The number of hydrogen-bond donors (Lipinski definition) is 0. The van der Waals surface area contributed by atoms with Crippen molar-refractivity contribution in [3.05, 3.63) is 47.6 Å². The van der Waals surface area contributed by atoms with Gasteiger partial charge >= 0.3 is 154 Å². The van der Waals surface area contributed by atoms with Crippen molar-refractivity contribution in [3.63, 3.8) is 0 Å². The smallest absolute Gasteiger partial charge is 1.00 e. The summed E-state index contributed by atoms with van der Waals surface area (Å²) in [6.45, 7) is 4.89. The molecule has 6 unspecified atom stereocenters. The van der Waals surface area contributed by atoms with E-state index in [1.165, 1.54) is 38.5 Å². The average Bonchev–Trinajstić information content (AvgIpc) is 3.14. The quantitative estimate of drug-likeness (QED) is 0.579. The van der Waals surface area contributed by atoms with Crippen LogP contribution in [0.25, 0.3) is 0 Å². The Kier molecular flexibility index (Phi) is 8.31. The maximum atomic E-state index is 2.53. The molecule has 0 aromatic rings. The summed E-state index contributed by atoms with van der Waals surface area (Å²) in [5.74, 6) is 3.84. The Balaban J connectivity index is 0.00000113. The van der Waals surface area contributed by atoms with Gasteiger partial charge in [-0.05, 0) is 0 Å². The van der Waals surface area contributed by atoms with E-state index in [1.54, 1.807) is 0 Å². The molecule has 4 aliphatic carbocycles. The SMILES string of the molecule is CCC1CC2CC=CC=C2[CH]1[Zr+2][CH]1C2=CC=CCC2CC1CC.[Cl-].[Cl-]. The van der Waals surface area contributed by atoms with Gasteiger partial charge in [0, 0.05) is 0 Å². The van der Waals surface area contributed by atoms with Crippen molar-refractivity contribution in [1.29, 1.82) is 0 Å². The summed E-state index contributed by atoms with van der Waals surface area (Å²) < 4.78 is 2.06. The first-order valence-corrected chi connectivity index (χ1v) is 12.6. The Hall–Kier alpha value is 0.423. The van der Waals surface area contributed by atoms with Crippen LogP contribution in [0.2, 0.25) is 7.25 Å². The minimum absolute atomic E-state index is 0. The minimum atomic E-state index is -0.429. The molecule has 0 nitrogen and oxygen atoms in total. The summed E-state index contributed by atoms with van der Waals surface area (Å²) in [5.41, 5.74) is 3.77. The number of halogens is 2. The third-order valence-corrected chi connectivity index (χ3v) is 12.6. The van der Waals surface area contributed by atoms with E-state index in [9.17, 15) is 0 Å². The van der Waals surface area contributed by atoms with Crippen molar-refractivity contribution >= 4 is 0 Å². The number of allylic oxidation sites excluding steroid dienone is 8. The summed E-state index contributed by atoms with van der Waals surface area (Å²) in [4.78, 5) is 0. The van der Waals surface area contributed by atoms with Crippen LogP contribution in [0.4, 0.5) is 0 Å². The summed E-state index contributed by atoms with van der Waals surface area (Å²) >= 11 is -0.429. The van der Waals surface area contributed by atoms with E-state index in [0.29, 0.717) is 0 Å². The van der Waals surface area contributed by atoms with Crippen molar-refractivity contribution in [2.45, 2.75) is 59.6 Å². The van der Waals surface area contributed by atoms with Crippen LogP contribution in [0.3, 0.4) is 0 Å². The molecule has 6 atom stereocenters. The van der Waals surface area contributed by atoms with Crippen LogP contribution >= 0.6 is 0 Å². The van der Waals surface area contributed by atoms with E-state index in [0.717, 1.165) is 30.9 Å². The maximum Gasteiger partial charge on any atom is -1.00 e. The van der Waals surface area contributed by atoms with Gasteiger partial charge in [0.15, 0.2) is 0 Å². The molecular weight excluding hydrogens is 426 g/mol. The van der Waals surface area contributed by atoms with Crippen LogP contribution in [-0.2, 0) is 23.2 Å². The second kappa shape index (κ2) is 9.57. The second-order valence-electron chi connectivity index (χ2n) is 7.98. The van der Waals surface area contributed by atoms with Gasteiger partial charge in [-0.2, -0.15) is 0 Å². The zero-order valence-electron chi connectivity index (χ0n) is 15.4. The molecule has 25 heavy (non-hydrogen) atoms. The molecule has 0 aliphatic heterocycles. The Morgan fingerprint density at radius 1 is 0.800 bits per heavy atom. The molecule has 0 spiro atoms. The fourth-order valence-electron chi connectivity index (χ4n) is 5.58. The zero-order valence-corrected chi connectivity index (χ0v) is 19.4. The van der Waals surface area contributed by atoms with E-state index in [4.69, 9.17) is 0 Å². The molecule has 0 N–H and O–H groups in total. The summed E-state index contributed by atoms with van der Waals surface area (Å²) in [5, 5.41) is 0. The van der Waals surface area contributed by atoms with Crippen LogP contribution in [0.1, 0.15) is 52.4 Å². The molecule has 0 aromatic heterocycles. The normalized spacial score (nSPS) is 37.8. The van der Waals surface area contributed by atoms with Gasteiger partial charge in [0.05, 0.1) is 0 Å². The third kappa shape index (κ3) is 4.15. The number of hydrogen-bond acceptors (Lipinski definition) is 0. The van der Waals surface area contributed by atoms with Crippen molar-refractivity contribution in [2.75, 3.05) is 0 Å². The van der Waals surface area contributed by atoms with E-state index < -0.39 is 23.2 Å². The van der Waals surface area contributed by atoms with Gasteiger partial charge in [-0.3, -0.25) is 0 Å². The van der Waals surface area contributed by atoms with Gasteiger partial charge in [-0.25, -0.2) is 0 Å². The largest absolute Gasteiger partial charge is 1.00 e. The maximum absolute atomic E-state index is 2.53. The molecule has 0 amide bonds. The molecule has 4 aliphatic rings. The Bertz CT molecular complexity index is 525. The summed E-state index contributed by atoms with van der Waals surface area (Å²) in [6.07, 6.45) is 23.0. The van der Waals surface area contributed by atoms with Gasteiger partial charge in [0.1, 0.15) is 0 Å². The number of fused-ring (bicyclic) bond motifs is 2. The minimum Gasteiger partial charge on any atom is -1.00 e. The topological polar surface area (TPSA) is 0 Å². The van der Waals surface area contributed by atoms with Crippen LogP contribution in [-0.4, -0.2) is 0 Å². The standard InChI is InChI=1S/2C11H15.2ClH.Zr/c2*1-2-9-7-10-5-3-4-6-11(10)8-9;;;/h2*3-5,7,9,11H,2,6,8H2,1H3;2*1H;/q;;;;+2/p-2. The second-order valence-corrected chi connectivity index (χ2v) is 11.9. The van der Waals surface area contributed by atoms with Crippen molar-refractivity contribution in [1.82, 2.24) is 0 Å². The molecular formula is C22H30Cl2Zr. The molecule has 0 aromatic carbocycles. The Morgan fingerprint density at radius 2 is 1.24 bits per heavy atom. The fraction of sp³-hybridized carbons (Fsp3) is 0.636. The van der Waals surface area contributed by atoms with Gasteiger partial charge in [-0.15, -0.1) is 0 Å². The molecule has 0 bridgehead atoms. The van der Waals surface area contributed by atoms with Crippen LogP contribution in [0, 0.1) is 23.7 Å². The summed E-state index contributed by atoms with van der Waals surface area (Å²) in [7, 11) is 0. The molecule has 0 radical (unpaired) electrons. The molecule has 136 valence electrons. The average molecular weight is 457 g/mol. The first-order valence-electron chi connectivity index (χ1n) is 9.81. The molecule has 2 fully saturated rings. The molecule has 4 rings (SSSR count).